The lowest BCUT2D eigenvalue weighted by atomic mass is 9.93. The molecule has 0 saturated heterocycles. The van der Waals surface area contributed by atoms with Gasteiger partial charge in [-0.1, -0.05) is 42.1 Å². The Morgan fingerprint density at radius 3 is 2.31 bits per heavy atom. The Balaban J connectivity index is 0.00000128. The van der Waals surface area contributed by atoms with Crippen molar-refractivity contribution in [2.75, 3.05) is 0 Å². The number of nitrogens with two attached hydrogens (primary N) is 1. The van der Waals surface area contributed by atoms with Gasteiger partial charge in [-0.25, -0.2) is 0 Å². The van der Waals surface area contributed by atoms with Gasteiger partial charge in [-0.3, -0.25) is 0 Å². The molecule has 1 aromatic carbocycles. The largest absolute Gasteiger partial charge is 0.324 e. The summed E-state index contributed by atoms with van der Waals surface area (Å²) in [6, 6.07) is 5.82. The molecule has 1 atom stereocenters. The van der Waals surface area contributed by atoms with E-state index in [1.165, 1.54) is 25.7 Å². The van der Waals surface area contributed by atoms with Gasteiger partial charge >= 0.3 is 0 Å². The third-order valence-corrected chi connectivity index (χ3v) is 3.98. The van der Waals surface area contributed by atoms with Gasteiger partial charge in [0, 0.05) is 6.04 Å². The maximum Gasteiger partial charge on any atom is 0.0595 e. The second-order valence-corrected chi connectivity index (χ2v) is 5.06. The molecule has 2 rings (SSSR count). The quantitative estimate of drug-likeness (QED) is 0.841. The summed E-state index contributed by atoms with van der Waals surface area (Å²) < 4.78 is 0. The van der Waals surface area contributed by atoms with Crippen LogP contribution in [0.3, 0.4) is 0 Å². The number of hydrogen-bond acceptors (Lipinski definition) is 1. The van der Waals surface area contributed by atoms with Crippen LogP contribution in [0.5, 0.6) is 0 Å². The molecule has 0 heterocycles. The van der Waals surface area contributed by atoms with E-state index in [0.29, 0.717) is 16.0 Å². The van der Waals surface area contributed by atoms with Gasteiger partial charge < -0.3 is 5.73 Å². The SMILES string of the molecule is Cl.N[C@@H](c1ccc(Cl)c(Cl)c1)C1CCCC1. The molecule has 1 aliphatic rings. The lowest BCUT2D eigenvalue weighted by Gasteiger charge is -2.19. The molecule has 0 bridgehead atoms. The number of rotatable bonds is 2. The van der Waals surface area contributed by atoms with Crippen molar-refractivity contribution in [3.8, 4) is 0 Å². The van der Waals surface area contributed by atoms with E-state index in [-0.39, 0.29) is 18.4 Å². The molecule has 0 radical (unpaired) electrons. The van der Waals surface area contributed by atoms with E-state index < -0.39 is 0 Å². The van der Waals surface area contributed by atoms with E-state index in [2.05, 4.69) is 0 Å². The average Bonchev–Trinajstić information content (AvgIpc) is 2.74. The molecule has 90 valence electrons. The third-order valence-electron chi connectivity index (χ3n) is 3.24. The molecule has 0 spiro atoms. The van der Waals surface area contributed by atoms with Crippen LogP contribution in [-0.2, 0) is 0 Å². The molecule has 16 heavy (non-hydrogen) atoms. The summed E-state index contributed by atoms with van der Waals surface area (Å²) in [6.45, 7) is 0. The van der Waals surface area contributed by atoms with Crippen LogP contribution < -0.4 is 5.73 Å². The van der Waals surface area contributed by atoms with E-state index in [0.717, 1.165) is 5.56 Å². The zero-order valence-electron chi connectivity index (χ0n) is 8.96. The maximum atomic E-state index is 6.22. The minimum Gasteiger partial charge on any atom is -0.324 e. The Labute approximate surface area is 113 Å². The van der Waals surface area contributed by atoms with Crippen LogP contribution in [0.25, 0.3) is 0 Å². The van der Waals surface area contributed by atoms with Crippen LogP contribution in [0.4, 0.5) is 0 Å². The lowest BCUT2D eigenvalue weighted by Crippen LogP contribution is -2.18. The normalized spacial score (nSPS) is 18.2. The Morgan fingerprint density at radius 1 is 1.12 bits per heavy atom. The van der Waals surface area contributed by atoms with Crippen molar-refractivity contribution in [1.82, 2.24) is 0 Å². The first-order valence-electron chi connectivity index (χ1n) is 5.39. The highest BCUT2D eigenvalue weighted by Gasteiger charge is 2.23. The lowest BCUT2D eigenvalue weighted by molar-refractivity contribution is 0.445. The molecule has 1 fully saturated rings. The van der Waals surface area contributed by atoms with Gasteiger partial charge in [0.1, 0.15) is 0 Å². The van der Waals surface area contributed by atoms with Crippen LogP contribution in [0, 0.1) is 5.92 Å². The monoisotopic (exact) mass is 279 g/mol. The molecule has 2 N–H and O–H groups in total. The molecular weight excluding hydrogens is 264 g/mol. The highest BCUT2D eigenvalue weighted by Crippen LogP contribution is 2.35. The zero-order chi connectivity index (χ0) is 10.8. The fourth-order valence-corrected chi connectivity index (χ4v) is 2.61. The van der Waals surface area contributed by atoms with Crippen LogP contribution in [0.1, 0.15) is 37.3 Å². The number of hydrogen-bond donors (Lipinski definition) is 1. The topological polar surface area (TPSA) is 26.0 Å². The van der Waals surface area contributed by atoms with Gasteiger partial charge in [0.2, 0.25) is 0 Å². The van der Waals surface area contributed by atoms with Crippen molar-refractivity contribution < 1.29 is 0 Å². The van der Waals surface area contributed by atoms with Crippen molar-refractivity contribution >= 4 is 35.6 Å². The summed E-state index contributed by atoms with van der Waals surface area (Å²) in [5.74, 6) is 0.613. The van der Waals surface area contributed by atoms with Crippen LogP contribution in [-0.4, -0.2) is 0 Å². The molecule has 1 nitrogen and oxygen atoms in total. The predicted octanol–water partition coefficient (Wildman–Crippen LogP) is 4.61. The summed E-state index contributed by atoms with van der Waals surface area (Å²) in [5, 5.41) is 1.20. The maximum absolute atomic E-state index is 6.22. The Morgan fingerprint density at radius 2 is 1.75 bits per heavy atom. The minimum absolute atomic E-state index is 0. The summed E-state index contributed by atoms with van der Waals surface area (Å²) in [4.78, 5) is 0. The molecule has 4 heteroatoms. The van der Waals surface area contributed by atoms with Gasteiger partial charge in [0.25, 0.3) is 0 Å². The molecular formula is C12H16Cl3N. The molecule has 0 aromatic heterocycles. The smallest absolute Gasteiger partial charge is 0.0595 e. The number of halogens is 3. The fourth-order valence-electron chi connectivity index (χ4n) is 2.31. The summed E-state index contributed by atoms with van der Waals surface area (Å²) in [5.41, 5.74) is 7.33. The molecule has 0 aliphatic heterocycles. The molecule has 0 unspecified atom stereocenters. The third kappa shape index (κ3) is 3.04. The Bertz CT molecular complexity index is 348. The van der Waals surface area contributed by atoms with E-state index in [1.807, 2.05) is 18.2 Å². The van der Waals surface area contributed by atoms with Crippen LogP contribution >= 0.6 is 35.6 Å². The standard InChI is InChI=1S/C12H15Cl2N.ClH/c13-10-6-5-9(7-11(10)14)12(15)8-3-1-2-4-8;/h5-8,12H,1-4,15H2;1H/t12-;/m1./s1. The highest BCUT2D eigenvalue weighted by atomic mass is 35.5. The molecule has 0 amide bonds. The minimum atomic E-state index is 0. The highest BCUT2D eigenvalue weighted by molar-refractivity contribution is 6.42. The Hall–Kier alpha value is 0.0500. The van der Waals surface area contributed by atoms with Crippen molar-refractivity contribution in [2.24, 2.45) is 11.7 Å². The average molecular weight is 281 g/mol. The van der Waals surface area contributed by atoms with Crippen LogP contribution in [0.2, 0.25) is 10.0 Å². The second kappa shape index (κ2) is 6.11. The molecule has 1 aliphatic carbocycles. The number of benzene rings is 1. The summed E-state index contributed by atoms with van der Waals surface area (Å²) >= 11 is 11.8. The second-order valence-electron chi connectivity index (χ2n) is 4.24. The van der Waals surface area contributed by atoms with Gasteiger partial charge in [-0.15, -0.1) is 12.4 Å². The first-order valence-corrected chi connectivity index (χ1v) is 6.14. The van der Waals surface area contributed by atoms with Crippen LogP contribution in [0.15, 0.2) is 18.2 Å². The molecule has 1 saturated carbocycles. The molecule has 1 aromatic rings. The van der Waals surface area contributed by atoms with Gasteiger partial charge in [-0.05, 0) is 36.5 Å². The first-order chi connectivity index (χ1) is 7.18. The summed E-state index contributed by atoms with van der Waals surface area (Å²) in [6.07, 6.45) is 5.09. The van der Waals surface area contributed by atoms with Crippen molar-refractivity contribution in [2.45, 2.75) is 31.7 Å². The van der Waals surface area contributed by atoms with E-state index in [4.69, 9.17) is 28.9 Å². The Kier molecular flexibility index (Phi) is 5.39. The van der Waals surface area contributed by atoms with Crippen molar-refractivity contribution in [1.29, 1.82) is 0 Å². The zero-order valence-corrected chi connectivity index (χ0v) is 11.3. The van der Waals surface area contributed by atoms with Gasteiger partial charge in [0.05, 0.1) is 10.0 Å². The fraction of sp³-hybridized carbons (Fsp3) is 0.500. The van der Waals surface area contributed by atoms with Crippen molar-refractivity contribution in [3.63, 3.8) is 0 Å². The van der Waals surface area contributed by atoms with Crippen molar-refractivity contribution in [3.05, 3.63) is 33.8 Å². The van der Waals surface area contributed by atoms with E-state index in [9.17, 15) is 0 Å². The van der Waals surface area contributed by atoms with E-state index in [1.54, 1.807) is 0 Å². The predicted molar refractivity (Wildman–Crippen MR) is 72.6 cm³/mol. The summed E-state index contributed by atoms with van der Waals surface area (Å²) in [7, 11) is 0. The first kappa shape index (κ1) is 14.1. The van der Waals surface area contributed by atoms with E-state index >= 15 is 0 Å². The van der Waals surface area contributed by atoms with Gasteiger partial charge in [-0.2, -0.15) is 0 Å². The van der Waals surface area contributed by atoms with Gasteiger partial charge in [0.15, 0.2) is 0 Å².